The Labute approximate surface area is 128 Å². The van der Waals surface area contributed by atoms with E-state index in [4.69, 9.17) is 4.74 Å². The van der Waals surface area contributed by atoms with Gasteiger partial charge < -0.3 is 14.6 Å². The van der Waals surface area contributed by atoms with Gasteiger partial charge in [-0.1, -0.05) is 33.8 Å². The molecule has 21 heavy (non-hydrogen) atoms. The highest BCUT2D eigenvalue weighted by Crippen LogP contribution is 2.18. The second-order valence-electron chi connectivity index (χ2n) is 6.41. The number of aromatic nitrogens is 1. The molecule has 1 aromatic heterocycles. The molecule has 0 saturated carbocycles. The fraction of sp³-hybridized carbons (Fsp3) is 0.556. The standard InChI is InChI=1S/C18H28N2O/c1-14(2)13-21-10-9-20-8-7-17-11-16(5-6-18(17)20)12-19-15(3)4/h5-8,11,14-15,19H,9-10,12-13H2,1-4H3. The number of fused-ring (bicyclic) bond motifs is 1. The van der Waals surface area contributed by atoms with Crippen molar-refractivity contribution in [2.24, 2.45) is 5.92 Å². The highest BCUT2D eigenvalue weighted by Gasteiger charge is 2.03. The molecule has 0 spiro atoms. The predicted octanol–water partition coefficient (Wildman–Crippen LogP) is 3.81. The SMILES string of the molecule is CC(C)COCCn1ccc2cc(CNC(C)C)ccc21. The molecular weight excluding hydrogens is 260 g/mol. The van der Waals surface area contributed by atoms with E-state index in [0.29, 0.717) is 12.0 Å². The van der Waals surface area contributed by atoms with Crippen molar-refractivity contribution < 1.29 is 4.74 Å². The van der Waals surface area contributed by atoms with Crippen LogP contribution in [0.3, 0.4) is 0 Å². The molecule has 2 rings (SSSR count). The summed E-state index contributed by atoms with van der Waals surface area (Å²) in [5, 5.41) is 4.77. The van der Waals surface area contributed by atoms with Gasteiger partial charge in [-0.2, -0.15) is 0 Å². The van der Waals surface area contributed by atoms with Crippen molar-refractivity contribution >= 4 is 10.9 Å². The first-order chi connectivity index (χ1) is 10.1. The first-order valence-electron chi connectivity index (χ1n) is 7.95. The third-order valence-corrected chi connectivity index (χ3v) is 3.48. The zero-order valence-corrected chi connectivity index (χ0v) is 13.7. The van der Waals surface area contributed by atoms with Crippen LogP contribution in [0.4, 0.5) is 0 Å². The third-order valence-electron chi connectivity index (χ3n) is 3.48. The van der Waals surface area contributed by atoms with E-state index in [-0.39, 0.29) is 0 Å². The molecule has 0 bridgehead atoms. The highest BCUT2D eigenvalue weighted by molar-refractivity contribution is 5.80. The number of hydrogen-bond acceptors (Lipinski definition) is 2. The molecule has 2 aromatic rings. The lowest BCUT2D eigenvalue weighted by Gasteiger charge is -2.10. The van der Waals surface area contributed by atoms with Crippen molar-refractivity contribution in [2.45, 2.75) is 46.8 Å². The Bertz CT molecular complexity index is 557. The van der Waals surface area contributed by atoms with Crippen LogP contribution in [0.1, 0.15) is 33.3 Å². The summed E-state index contributed by atoms with van der Waals surface area (Å²) in [5.74, 6) is 0.599. The molecular formula is C18H28N2O. The van der Waals surface area contributed by atoms with Crippen molar-refractivity contribution in [2.75, 3.05) is 13.2 Å². The lowest BCUT2D eigenvalue weighted by molar-refractivity contribution is 0.104. The average Bonchev–Trinajstić information content (AvgIpc) is 2.83. The fourth-order valence-corrected chi connectivity index (χ4v) is 2.36. The summed E-state index contributed by atoms with van der Waals surface area (Å²) in [6, 6.07) is 9.41. The van der Waals surface area contributed by atoms with E-state index in [1.807, 2.05) is 0 Å². The van der Waals surface area contributed by atoms with E-state index in [2.05, 4.69) is 68.0 Å². The topological polar surface area (TPSA) is 26.2 Å². The molecule has 0 aliphatic rings. The molecule has 0 atom stereocenters. The number of benzene rings is 1. The monoisotopic (exact) mass is 288 g/mol. The normalized spacial score (nSPS) is 11.9. The van der Waals surface area contributed by atoms with Crippen LogP contribution >= 0.6 is 0 Å². The largest absolute Gasteiger partial charge is 0.379 e. The Morgan fingerprint density at radius 2 is 1.95 bits per heavy atom. The maximum atomic E-state index is 5.68. The molecule has 116 valence electrons. The van der Waals surface area contributed by atoms with Gasteiger partial charge in [0.1, 0.15) is 0 Å². The summed E-state index contributed by atoms with van der Waals surface area (Å²) in [6.45, 7) is 12.2. The van der Waals surface area contributed by atoms with Gasteiger partial charge in [0.2, 0.25) is 0 Å². The smallest absolute Gasteiger partial charge is 0.0645 e. The van der Waals surface area contributed by atoms with E-state index in [1.165, 1.54) is 16.5 Å². The van der Waals surface area contributed by atoms with Crippen molar-refractivity contribution in [3.8, 4) is 0 Å². The zero-order chi connectivity index (χ0) is 15.2. The molecule has 3 nitrogen and oxygen atoms in total. The molecule has 0 radical (unpaired) electrons. The number of rotatable bonds is 8. The van der Waals surface area contributed by atoms with Crippen LogP contribution in [-0.4, -0.2) is 23.8 Å². The van der Waals surface area contributed by atoms with Crippen molar-refractivity contribution in [3.63, 3.8) is 0 Å². The van der Waals surface area contributed by atoms with Gasteiger partial charge >= 0.3 is 0 Å². The lowest BCUT2D eigenvalue weighted by atomic mass is 10.1. The highest BCUT2D eigenvalue weighted by atomic mass is 16.5. The molecule has 1 heterocycles. The molecule has 0 amide bonds. The number of ether oxygens (including phenoxy) is 1. The van der Waals surface area contributed by atoms with Gasteiger partial charge in [-0.15, -0.1) is 0 Å². The van der Waals surface area contributed by atoms with E-state index >= 15 is 0 Å². The minimum Gasteiger partial charge on any atom is -0.379 e. The molecule has 3 heteroatoms. The van der Waals surface area contributed by atoms with Crippen molar-refractivity contribution in [3.05, 3.63) is 36.0 Å². The second-order valence-corrected chi connectivity index (χ2v) is 6.41. The van der Waals surface area contributed by atoms with Gasteiger partial charge in [0.05, 0.1) is 6.61 Å². The van der Waals surface area contributed by atoms with Crippen LogP contribution in [0, 0.1) is 5.92 Å². The first kappa shape index (κ1) is 16.1. The van der Waals surface area contributed by atoms with Gasteiger partial charge in [-0.25, -0.2) is 0 Å². The maximum Gasteiger partial charge on any atom is 0.0645 e. The van der Waals surface area contributed by atoms with E-state index in [0.717, 1.165) is 26.3 Å². The van der Waals surface area contributed by atoms with Crippen LogP contribution < -0.4 is 5.32 Å². The third kappa shape index (κ3) is 4.87. The van der Waals surface area contributed by atoms with Gasteiger partial charge in [-0.05, 0) is 35.1 Å². The predicted molar refractivity (Wildman–Crippen MR) is 89.6 cm³/mol. The zero-order valence-electron chi connectivity index (χ0n) is 13.7. The van der Waals surface area contributed by atoms with Crippen LogP contribution in [0.2, 0.25) is 0 Å². The minimum absolute atomic E-state index is 0.517. The average molecular weight is 288 g/mol. The number of hydrogen-bond donors (Lipinski definition) is 1. The molecule has 0 fully saturated rings. The number of nitrogens with one attached hydrogen (secondary N) is 1. The second kappa shape index (κ2) is 7.62. The molecule has 0 unspecified atom stereocenters. The van der Waals surface area contributed by atoms with E-state index in [9.17, 15) is 0 Å². The fourth-order valence-electron chi connectivity index (χ4n) is 2.36. The summed E-state index contributed by atoms with van der Waals surface area (Å²) < 4.78 is 7.95. The Hall–Kier alpha value is -1.32. The lowest BCUT2D eigenvalue weighted by Crippen LogP contribution is -2.21. The summed E-state index contributed by atoms with van der Waals surface area (Å²) in [4.78, 5) is 0. The Morgan fingerprint density at radius 3 is 2.67 bits per heavy atom. The van der Waals surface area contributed by atoms with Crippen molar-refractivity contribution in [1.82, 2.24) is 9.88 Å². The summed E-state index contributed by atoms with van der Waals surface area (Å²) in [6.07, 6.45) is 2.16. The molecule has 1 aromatic carbocycles. The van der Waals surface area contributed by atoms with E-state index < -0.39 is 0 Å². The summed E-state index contributed by atoms with van der Waals surface area (Å²) >= 11 is 0. The summed E-state index contributed by atoms with van der Waals surface area (Å²) in [7, 11) is 0. The quantitative estimate of drug-likeness (QED) is 0.748. The van der Waals surface area contributed by atoms with Crippen LogP contribution in [0.15, 0.2) is 30.5 Å². The van der Waals surface area contributed by atoms with Gasteiger partial charge in [0, 0.05) is 37.5 Å². The molecule has 0 aliphatic carbocycles. The van der Waals surface area contributed by atoms with Gasteiger partial charge in [-0.3, -0.25) is 0 Å². The van der Waals surface area contributed by atoms with Crippen LogP contribution in [-0.2, 0) is 17.8 Å². The first-order valence-corrected chi connectivity index (χ1v) is 7.95. The van der Waals surface area contributed by atoms with Gasteiger partial charge in [0.25, 0.3) is 0 Å². The molecule has 0 saturated heterocycles. The summed E-state index contributed by atoms with van der Waals surface area (Å²) in [5.41, 5.74) is 2.63. The Kier molecular flexibility index (Phi) is 5.83. The van der Waals surface area contributed by atoms with E-state index in [1.54, 1.807) is 0 Å². The Balaban J connectivity index is 1.96. The maximum absolute atomic E-state index is 5.68. The Morgan fingerprint density at radius 1 is 1.14 bits per heavy atom. The van der Waals surface area contributed by atoms with Crippen molar-refractivity contribution in [1.29, 1.82) is 0 Å². The molecule has 1 N–H and O–H groups in total. The van der Waals surface area contributed by atoms with Gasteiger partial charge in [0.15, 0.2) is 0 Å². The van der Waals surface area contributed by atoms with Crippen LogP contribution in [0.25, 0.3) is 10.9 Å². The molecule has 0 aliphatic heterocycles. The van der Waals surface area contributed by atoms with Crippen LogP contribution in [0.5, 0.6) is 0 Å². The number of nitrogens with zero attached hydrogens (tertiary/aromatic N) is 1. The minimum atomic E-state index is 0.517.